The summed E-state index contributed by atoms with van der Waals surface area (Å²) < 4.78 is 0.593. The molecule has 0 aliphatic rings. The molecule has 0 aromatic carbocycles. The van der Waals surface area contributed by atoms with Crippen molar-refractivity contribution in [2.75, 3.05) is 5.75 Å². The minimum atomic E-state index is 0. The van der Waals surface area contributed by atoms with Gasteiger partial charge in [0.1, 0.15) is 4.32 Å². The van der Waals surface area contributed by atoms with Crippen LogP contribution < -0.4 is 5.73 Å². The zero-order valence-electron chi connectivity index (χ0n) is 11.1. The van der Waals surface area contributed by atoms with Crippen LogP contribution >= 0.6 is 24.0 Å². The summed E-state index contributed by atoms with van der Waals surface area (Å²) >= 11 is 6.42. The number of unbranched alkanes of at least 4 members (excludes halogenated alkanes) is 9. The number of hydrogen-bond donors (Lipinski definition) is 1. The van der Waals surface area contributed by atoms with Crippen LogP contribution in [0.2, 0.25) is 0 Å². The Kier molecular flexibility index (Phi) is 20.2. The zero-order valence-corrected chi connectivity index (χ0v) is 14.7. The van der Waals surface area contributed by atoms with Crippen molar-refractivity contribution in [2.24, 2.45) is 5.73 Å². The van der Waals surface area contributed by atoms with Crippen LogP contribution in [0.15, 0.2) is 0 Å². The molecule has 0 aliphatic carbocycles. The van der Waals surface area contributed by atoms with E-state index in [1.54, 1.807) is 11.8 Å². The quantitative estimate of drug-likeness (QED) is 0.324. The summed E-state index contributed by atoms with van der Waals surface area (Å²) in [5.41, 5.74) is 5.41. The average Bonchev–Trinajstić information content (AvgIpc) is 2.25. The van der Waals surface area contributed by atoms with Crippen LogP contribution in [0, 0.1) is 0 Å². The summed E-state index contributed by atoms with van der Waals surface area (Å²) in [6.45, 7) is 2.27. The third-order valence-electron chi connectivity index (χ3n) is 2.74. The maximum Gasteiger partial charge on any atom is 0.131 e. The van der Waals surface area contributed by atoms with Gasteiger partial charge in [-0.2, -0.15) is 0 Å². The number of nitrogens with two attached hydrogens (primary N) is 1. The fourth-order valence-electron chi connectivity index (χ4n) is 1.76. The minimum Gasteiger partial charge on any atom is -0.385 e. The molecule has 0 unspecified atom stereocenters. The zero-order chi connectivity index (χ0) is 12.1. The van der Waals surface area contributed by atoms with Gasteiger partial charge >= 0.3 is 0 Å². The second-order valence-corrected chi connectivity index (χ2v) is 6.18. The van der Waals surface area contributed by atoms with E-state index in [0.29, 0.717) is 4.32 Å². The average molecular weight is 357 g/mol. The van der Waals surface area contributed by atoms with Gasteiger partial charge in [-0.15, -0.1) is 0 Å². The van der Waals surface area contributed by atoms with Crippen molar-refractivity contribution in [1.29, 1.82) is 0 Å². The van der Waals surface area contributed by atoms with Crippen LogP contribution in [-0.4, -0.2) is 10.1 Å². The van der Waals surface area contributed by atoms with Crippen molar-refractivity contribution < 1.29 is 21.1 Å². The molecule has 0 heterocycles. The molecule has 17 heavy (non-hydrogen) atoms. The summed E-state index contributed by atoms with van der Waals surface area (Å²) in [6, 6.07) is 0. The Morgan fingerprint density at radius 1 is 0.882 bits per heavy atom. The Balaban J connectivity index is 0. The van der Waals surface area contributed by atoms with Gasteiger partial charge < -0.3 is 5.73 Å². The van der Waals surface area contributed by atoms with Crippen LogP contribution in [0.4, 0.5) is 0 Å². The molecule has 0 atom stereocenters. The normalized spacial score (nSPS) is 9.94. The summed E-state index contributed by atoms with van der Waals surface area (Å²) in [7, 11) is 0. The van der Waals surface area contributed by atoms with E-state index in [1.807, 2.05) is 0 Å². The molecule has 0 spiro atoms. The van der Waals surface area contributed by atoms with Crippen molar-refractivity contribution in [3.8, 4) is 0 Å². The van der Waals surface area contributed by atoms with E-state index in [-0.39, 0.29) is 21.1 Å². The number of rotatable bonds is 11. The third-order valence-corrected chi connectivity index (χ3v) is 3.87. The Bertz CT molecular complexity index is 165. The minimum absolute atomic E-state index is 0. The summed E-state index contributed by atoms with van der Waals surface area (Å²) in [5.74, 6) is 1.10. The summed E-state index contributed by atoms with van der Waals surface area (Å²) in [5, 5.41) is 0. The van der Waals surface area contributed by atoms with Gasteiger partial charge in [0.2, 0.25) is 0 Å². The molecule has 0 rings (SSSR count). The van der Waals surface area contributed by atoms with E-state index in [4.69, 9.17) is 18.0 Å². The molecule has 2 N–H and O–H groups in total. The van der Waals surface area contributed by atoms with Gasteiger partial charge in [0.15, 0.2) is 0 Å². The second-order valence-electron chi connectivity index (χ2n) is 4.35. The van der Waals surface area contributed by atoms with Crippen molar-refractivity contribution >= 4 is 28.3 Å². The van der Waals surface area contributed by atoms with Gasteiger partial charge in [0, 0.05) is 26.8 Å². The van der Waals surface area contributed by atoms with E-state index >= 15 is 0 Å². The first-order chi connectivity index (χ1) is 7.77. The van der Waals surface area contributed by atoms with Gasteiger partial charge in [-0.25, -0.2) is 0 Å². The van der Waals surface area contributed by atoms with E-state index in [9.17, 15) is 0 Å². The number of thiocarbonyl (C=S) groups is 1. The topological polar surface area (TPSA) is 26.0 Å². The van der Waals surface area contributed by atoms with Gasteiger partial charge in [0.25, 0.3) is 0 Å². The van der Waals surface area contributed by atoms with Crippen LogP contribution in [0.5, 0.6) is 0 Å². The monoisotopic (exact) mass is 359 g/mol. The molecule has 0 radical (unpaired) electrons. The smallest absolute Gasteiger partial charge is 0.131 e. The number of thioether (sulfide) groups is 1. The van der Waals surface area contributed by atoms with Crippen molar-refractivity contribution in [3.63, 3.8) is 0 Å². The Morgan fingerprint density at radius 3 is 1.71 bits per heavy atom. The predicted octanol–water partition coefficient (Wildman–Crippen LogP) is 4.88. The largest absolute Gasteiger partial charge is 0.385 e. The molecule has 1 nitrogen and oxygen atoms in total. The summed E-state index contributed by atoms with van der Waals surface area (Å²) in [4.78, 5) is 0. The molecule has 0 aromatic heterocycles. The Labute approximate surface area is 131 Å². The van der Waals surface area contributed by atoms with Crippen LogP contribution in [0.1, 0.15) is 71.1 Å². The van der Waals surface area contributed by atoms with E-state index in [2.05, 4.69) is 6.92 Å². The molecule has 0 aliphatic heterocycles. The Morgan fingerprint density at radius 2 is 1.29 bits per heavy atom. The van der Waals surface area contributed by atoms with Crippen molar-refractivity contribution in [2.45, 2.75) is 71.1 Å². The standard InChI is InChI=1S/C13H27NS2.Mo/c1-2-3-4-5-6-7-8-9-10-11-12-16-13(14)15;/h2-12H2,1H3,(H2,14,15);. The second kappa shape index (κ2) is 16.9. The molecule has 0 saturated heterocycles. The molecular formula is C13H27MoNS2. The molecule has 0 bridgehead atoms. The molecule has 102 valence electrons. The molecular weight excluding hydrogens is 330 g/mol. The molecule has 4 heteroatoms. The first kappa shape index (κ1) is 20.3. The molecule has 0 fully saturated rings. The van der Waals surface area contributed by atoms with Gasteiger partial charge in [-0.3, -0.25) is 0 Å². The fraction of sp³-hybridized carbons (Fsp3) is 0.923. The van der Waals surface area contributed by atoms with E-state index in [1.165, 1.54) is 64.2 Å². The maximum absolute atomic E-state index is 5.41. The van der Waals surface area contributed by atoms with Gasteiger partial charge in [-0.05, 0) is 6.42 Å². The third kappa shape index (κ3) is 19.4. The first-order valence-corrected chi connectivity index (χ1v) is 8.09. The van der Waals surface area contributed by atoms with Crippen molar-refractivity contribution in [3.05, 3.63) is 0 Å². The van der Waals surface area contributed by atoms with Crippen molar-refractivity contribution in [1.82, 2.24) is 0 Å². The predicted molar refractivity (Wildman–Crippen MR) is 81.1 cm³/mol. The Hall–Kier alpha value is 0.928. The molecule has 0 amide bonds. The van der Waals surface area contributed by atoms with Gasteiger partial charge in [0.05, 0.1) is 0 Å². The molecule has 0 aromatic rings. The molecule has 0 saturated carbocycles. The first-order valence-electron chi connectivity index (χ1n) is 6.69. The van der Waals surface area contributed by atoms with Crippen LogP contribution in [0.3, 0.4) is 0 Å². The van der Waals surface area contributed by atoms with Crippen LogP contribution in [0.25, 0.3) is 0 Å². The fourth-order valence-corrected chi connectivity index (χ4v) is 2.56. The maximum atomic E-state index is 5.41. The van der Waals surface area contributed by atoms with E-state index in [0.717, 1.165) is 5.75 Å². The van der Waals surface area contributed by atoms with E-state index < -0.39 is 0 Å². The van der Waals surface area contributed by atoms with Gasteiger partial charge in [-0.1, -0.05) is 88.7 Å². The number of hydrogen-bond acceptors (Lipinski definition) is 2. The van der Waals surface area contributed by atoms with Crippen LogP contribution in [-0.2, 0) is 21.1 Å². The SMILES string of the molecule is CCCCCCCCCCCCSC(N)=S.[Mo]. The summed E-state index contributed by atoms with van der Waals surface area (Å²) in [6.07, 6.45) is 13.9.